The summed E-state index contributed by atoms with van der Waals surface area (Å²) in [7, 11) is 3.10. The van der Waals surface area contributed by atoms with Gasteiger partial charge in [-0.15, -0.1) is 12.4 Å². The molecule has 0 amide bonds. The van der Waals surface area contributed by atoms with Crippen LogP contribution in [0.4, 0.5) is 0 Å². The summed E-state index contributed by atoms with van der Waals surface area (Å²) < 4.78 is 10.3. The highest BCUT2D eigenvalue weighted by atomic mass is 35.5. The zero-order valence-corrected chi connectivity index (χ0v) is 10.2. The number of phenols is 1. The molecule has 5 heteroatoms. The number of rotatable bonds is 2. The smallest absolute Gasteiger partial charge is 0.203 e. The first-order valence-electron chi connectivity index (χ1n) is 4.94. The van der Waals surface area contributed by atoms with E-state index < -0.39 is 0 Å². The molecule has 2 rings (SSSR count). The zero-order valence-electron chi connectivity index (χ0n) is 9.37. The number of benzene rings is 1. The summed E-state index contributed by atoms with van der Waals surface area (Å²) >= 11 is 0. The lowest BCUT2D eigenvalue weighted by atomic mass is 9.99. The predicted molar refractivity (Wildman–Crippen MR) is 63.9 cm³/mol. The number of fused-ring (bicyclic) bond motifs is 1. The van der Waals surface area contributed by atoms with E-state index in [9.17, 15) is 5.11 Å². The van der Waals surface area contributed by atoms with Gasteiger partial charge in [-0.3, -0.25) is 0 Å². The van der Waals surface area contributed by atoms with Gasteiger partial charge in [0, 0.05) is 12.1 Å². The van der Waals surface area contributed by atoms with Crippen molar-refractivity contribution in [1.82, 2.24) is 5.32 Å². The second-order valence-corrected chi connectivity index (χ2v) is 3.53. The standard InChI is InChI=1S/C11H15NO3.ClH/c1-14-9-5-7-3-4-12-6-8(7)10(13)11(9)15-2;/h5,12-13H,3-4,6H2,1-2H3;1H. The van der Waals surface area contributed by atoms with E-state index in [4.69, 9.17) is 9.47 Å². The Kier molecular flexibility index (Phi) is 4.26. The first-order valence-corrected chi connectivity index (χ1v) is 4.94. The van der Waals surface area contributed by atoms with Crippen LogP contribution in [-0.4, -0.2) is 25.9 Å². The van der Waals surface area contributed by atoms with Crippen molar-refractivity contribution in [2.24, 2.45) is 0 Å². The fraction of sp³-hybridized carbons (Fsp3) is 0.455. The topological polar surface area (TPSA) is 50.7 Å². The van der Waals surface area contributed by atoms with Crippen LogP contribution in [0.2, 0.25) is 0 Å². The largest absolute Gasteiger partial charge is 0.504 e. The van der Waals surface area contributed by atoms with Gasteiger partial charge in [0.15, 0.2) is 11.5 Å². The molecule has 0 atom stereocenters. The highest BCUT2D eigenvalue weighted by molar-refractivity contribution is 5.85. The van der Waals surface area contributed by atoms with Gasteiger partial charge in [-0.2, -0.15) is 0 Å². The maximum absolute atomic E-state index is 10.0. The van der Waals surface area contributed by atoms with Crippen LogP contribution in [-0.2, 0) is 13.0 Å². The quantitative estimate of drug-likeness (QED) is 0.829. The van der Waals surface area contributed by atoms with Crippen LogP contribution in [0.25, 0.3) is 0 Å². The molecule has 1 aliphatic heterocycles. The number of ether oxygens (including phenoxy) is 2. The number of aromatic hydroxyl groups is 1. The third-order valence-corrected chi connectivity index (χ3v) is 2.71. The molecule has 1 aromatic carbocycles. The van der Waals surface area contributed by atoms with Gasteiger partial charge in [0.25, 0.3) is 0 Å². The average Bonchev–Trinajstić information content (AvgIpc) is 2.29. The molecule has 4 nitrogen and oxygen atoms in total. The van der Waals surface area contributed by atoms with Gasteiger partial charge in [-0.1, -0.05) is 0 Å². The van der Waals surface area contributed by atoms with Crippen molar-refractivity contribution in [3.8, 4) is 17.2 Å². The minimum Gasteiger partial charge on any atom is -0.504 e. The average molecular weight is 246 g/mol. The Bertz CT molecular complexity index is 368. The first-order chi connectivity index (χ1) is 7.27. The Morgan fingerprint density at radius 1 is 1.31 bits per heavy atom. The number of nitrogens with one attached hydrogen (secondary N) is 1. The van der Waals surface area contributed by atoms with Gasteiger partial charge in [-0.05, 0) is 24.6 Å². The van der Waals surface area contributed by atoms with E-state index in [1.54, 1.807) is 7.11 Å². The first kappa shape index (κ1) is 12.9. The molecule has 0 radical (unpaired) electrons. The lowest BCUT2D eigenvalue weighted by Gasteiger charge is -2.21. The molecular formula is C11H16ClNO3. The van der Waals surface area contributed by atoms with Crippen molar-refractivity contribution < 1.29 is 14.6 Å². The third-order valence-electron chi connectivity index (χ3n) is 2.71. The zero-order chi connectivity index (χ0) is 10.8. The lowest BCUT2D eigenvalue weighted by Crippen LogP contribution is -2.23. The fourth-order valence-electron chi connectivity index (χ4n) is 1.92. The molecule has 0 bridgehead atoms. The van der Waals surface area contributed by atoms with Crippen molar-refractivity contribution in [1.29, 1.82) is 0 Å². The Hall–Kier alpha value is -1.13. The maximum atomic E-state index is 10.0. The van der Waals surface area contributed by atoms with E-state index in [0.29, 0.717) is 18.0 Å². The molecule has 0 saturated heterocycles. The SMILES string of the molecule is COc1cc2c(c(O)c1OC)CNCC2.Cl. The Morgan fingerprint density at radius 3 is 2.69 bits per heavy atom. The van der Waals surface area contributed by atoms with Crippen molar-refractivity contribution in [2.75, 3.05) is 20.8 Å². The number of hydrogen-bond donors (Lipinski definition) is 2. The number of methoxy groups -OCH3 is 2. The lowest BCUT2D eigenvalue weighted by molar-refractivity contribution is 0.329. The van der Waals surface area contributed by atoms with Crippen LogP contribution < -0.4 is 14.8 Å². The van der Waals surface area contributed by atoms with Crippen molar-refractivity contribution >= 4 is 12.4 Å². The van der Waals surface area contributed by atoms with Crippen LogP contribution in [0, 0.1) is 0 Å². The van der Waals surface area contributed by atoms with Crippen molar-refractivity contribution in [3.63, 3.8) is 0 Å². The van der Waals surface area contributed by atoms with Crippen LogP contribution in [0.1, 0.15) is 11.1 Å². The minimum atomic E-state index is 0. The molecule has 0 aromatic heterocycles. The summed E-state index contributed by atoms with van der Waals surface area (Å²) in [5, 5.41) is 13.2. The second kappa shape index (κ2) is 5.27. The van der Waals surface area contributed by atoms with E-state index in [0.717, 1.165) is 24.1 Å². The molecule has 1 aromatic rings. The molecule has 16 heavy (non-hydrogen) atoms. The van der Waals surface area contributed by atoms with Gasteiger partial charge in [-0.25, -0.2) is 0 Å². The molecule has 0 aliphatic carbocycles. The van der Waals surface area contributed by atoms with Gasteiger partial charge in [0.1, 0.15) is 0 Å². The Balaban J connectivity index is 0.00000128. The van der Waals surface area contributed by atoms with Crippen LogP contribution in [0.5, 0.6) is 17.2 Å². The monoisotopic (exact) mass is 245 g/mol. The highest BCUT2D eigenvalue weighted by Gasteiger charge is 2.20. The van der Waals surface area contributed by atoms with Crippen molar-refractivity contribution in [2.45, 2.75) is 13.0 Å². The normalized spacial score (nSPS) is 13.6. The third kappa shape index (κ3) is 2.03. The molecule has 0 saturated carbocycles. The number of halogens is 1. The maximum Gasteiger partial charge on any atom is 0.203 e. The van der Waals surface area contributed by atoms with Gasteiger partial charge >= 0.3 is 0 Å². The van der Waals surface area contributed by atoms with E-state index in [1.165, 1.54) is 7.11 Å². The molecule has 1 aliphatic rings. The summed E-state index contributed by atoms with van der Waals surface area (Å²) in [5.41, 5.74) is 2.04. The molecule has 90 valence electrons. The predicted octanol–water partition coefficient (Wildman–Crippen LogP) is 1.48. The molecule has 0 spiro atoms. The Morgan fingerprint density at radius 2 is 2.06 bits per heavy atom. The molecule has 1 heterocycles. The van der Waals surface area contributed by atoms with Crippen LogP contribution >= 0.6 is 12.4 Å². The molecule has 0 unspecified atom stereocenters. The van der Waals surface area contributed by atoms with E-state index in [2.05, 4.69) is 5.32 Å². The number of phenolic OH excluding ortho intramolecular Hbond substituents is 1. The van der Waals surface area contributed by atoms with E-state index >= 15 is 0 Å². The van der Waals surface area contributed by atoms with Gasteiger partial charge in [0.05, 0.1) is 14.2 Å². The van der Waals surface area contributed by atoms with E-state index in [1.807, 2.05) is 6.07 Å². The van der Waals surface area contributed by atoms with Crippen molar-refractivity contribution in [3.05, 3.63) is 17.2 Å². The summed E-state index contributed by atoms with van der Waals surface area (Å²) in [5.74, 6) is 1.20. The molecule has 0 fully saturated rings. The fourth-order valence-corrected chi connectivity index (χ4v) is 1.92. The van der Waals surface area contributed by atoms with E-state index in [-0.39, 0.29) is 18.2 Å². The van der Waals surface area contributed by atoms with Crippen LogP contribution in [0.15, 0.2) is 6.07 Å². The number of hydrogen-bond acceptors (Lipinski definition) is 4. The minimum absolute atomic E-state index is 0. The summed E-state index contributed by atoms with van der Waals surface area (Å²) in [6.07, 6.45) is 0.906. The summed E-state index contributed by atoms with van der Waals surface area (Å²) in [4.78, 5) is 0. The Labute approximate surface area is 101 Å². The molecule has 2 N–H and O–H groups in total. The van der Waals surface area contributed by atoms with Crippen LogP contribution in [0.3, 0.4) is 0 Å². The van der Waals surface area contributed by atoms with Gasteiger partial charge in [0.2, 0.25) is 5.75 Å². The molecular weight excluding hydrogens is 230 g/mol. The summed E-state index contributed by atoms with van der Waals surface area (Å²) in [6, 6.07) is 1.94. The van der Waals surface area contributed by atoms with Gasteiger partial charge < -0.3 is 19.9 Å². The highest BCUT2D eigenvalue weighted by Crippen LogP contribution is 2.41. The second-order valence-electron chi connectivity index (χ2n) is 3.53. The summed E-state index contributed by atoms with van der Waals surface area (Å²) in [6.45, 7) is 1.61.